The molecule has 0 bridgehead atoms. The molecular formula is C25H27Cl2N5O3. The van der Waals surface area contributed by atoms with Gasteiger partial charge in [-0.2, -0.15) is 0 Å². The summed E-state index contributed by atoms with van der Waals surface area (Å²) in [6.07, 6.45) is 0. The number of anilines is 2. The molecule has 0 aliphatic carbocycles. The third-order valence-corrected chi connectivity index (χ3v) is 5.30. The highest BCUT2D eigenvalue weighted by Gasteiger charge is 2.16. The van der Waals surface area contributed by atoms with E-state index in [1.54, 1.807) is 54.6 Å². The van der Waals surface area contributed by atoms with Gasteiger partial charge in [0.1, 0.15) is 5.84 Å². The lowest BCUT2D eigenvalue weighted by Gasteiger charge is -2.23. The Morgan fingerprint density at radius 1 is 1.00 bits per heavy atom. The van der Waals surface area contributed by atoms with Crippen LogP contribution in [0.3, 0.4) is 0 Å². The van der Waals surface area contributed by atoms with Gasteiger partial charge >= 0.3 is 0 Å². The van der Waals surface area contributed by atoms with Crippen LogP contribution in [0.5, 0.6) is 0 Å². The van der Waals surface area contributed by atoms with E-state index in [9.17, 15) is 14.7 Å². The Hall–Kier alpha value is -3.59. The van der Waals surface area contributed by atoms with Crippen LogP contribution in [0.1, 0.15) is 21.5 Å². The van der Waals surface area contributed by atoms with E-state index >= 15 is 0 Å². The summed E-state index contributed by atoms with van der Waals surface area (Å²) < 4.78 is 0. The minimum atomic E-state index is -0.293. The molecule has 0 spiro atoms. The van der Waals surface area contributed by atoms with Gasteiger partial charge in [-0.15, -0.1) is 12.4 Å². The third kappa shape index (κ3) is 7.71. The molecule has 0 saturated heterocycles. The standard InChI is InChI=1S/C25H26ClN5O3.ClH/c26-20-6-4-5-18(13-20)25(34)30-15-19-10-9-17(24(27)28)14-22(19)29-16-23(33)31(11-12-32)21-7-2-1-3-8-21;/h1-10,13-14,29,32H,11-12,15-16H2,(H3,27,28)(H,30,34);1H. The number of aliphatic hydroxyl groups is 1. The normalized spacial score (nSPS) is 10.1. The molecule has 184 valence electrons. The smallest absolute Gasteiger partial charge is 0.251 e. The van der Waals surface area contributed by atoms with Crippen LogP contribution in [0.25, 0.3) is 0 Å². The van der Waals surface area contributed by atoms with Crippen molar-refractivity contribution in [2.45, 2.75) is 6.54 Å². The first-order valence-electron chi connectivity index (χ1n) is 10.6. The topological polar surface area (TPSA) is 132 Å². The number of carbonyl (C=O) groups excluding carboxylic acids is 2. The number of nitrogen functional groups attached to an aromatic ring is 1. The Kier molecular flexibility index (Phi) is 10.5. The van der Waals surface area contributed by atoms with Gasteiger partial charge < -0.3 is 26.4 Å². The molecule has 0 heterocycles. The van der Waals surface area contributed by atoms with Gasteiger partial charge in [0.2, 0.25) is 5.91 Å². The number of nitrogens with two attached hydrogens (primary N) is 1. The van der Waals surface area contributed by atoms with Crippen molar-refractivity contribution < 1.29 is 14.7 Å². The van der Waals surface area contributed by atoms with Crippen molar-refractivity contribution in [3.8, 4) is 0 Å². The number of benzene rings is 3. The van der Waals surface area contributed by atoms with Crippen molar-refractivity contribution in [2.24, 2.45) is 5.73 Å². The second kappa shape index (κ2) is 13.3. The largest absolute Gasteiger partial charge is 0.395 e. The van der Waals surface area contributed by atoms with Crippen LogP contribution in [0.2, 0.25) is 5.02 Å². The van der Waals surface area contributed by atoms with Crippen molar-refractivity contribution in [2.75, 3.05) is 29.9 Å². The Morgan fingerprint density at radius 3 is 2.40 bits per heavy atom. The molecule has 2 amide bonds. The summed E-state index contributed by atoms with van der Waals surface area (Å²) >= 11 is 5.97. The average molecular weight is 516 g/mol. The molecule has 8 nitrogen and oxygen atoms in total. The lowest BCUT2D eigenvalue weighted by Crippen LogP contribution is -2.37. The molecule has 0 radical (unpaired) electrons. The SMILES string of the molecule is Cl.N=C(N)c1ccc(CNC(=O)c2cccc(Cl)c2)c(NCC(=O)N(CCO)c2ccccc2)c1. The molecular weight excluding hydrogens is 489 g/mol. The molecule has 0 aliphatic rings. The van der Waals surface area contributed by atoms with Gasteiger partial charge in [-0.05, 0) is 42.0 Å². The fraction of sp³-hybridized carbons (Fsp3) is 0.160. The first-order chi connectivity index (χ1) is 16.4. The Bertz CT molecular complexity index is 1170. The zero-order valence-corrected chi connectivity index (χ0v) is 20.4. The molecule has 0 fully saturated rings. The van der Waals surface area contributed by atoms with Crippen LogP contribution in [0.4, 0.5) is 11.4 Å². The monoisotopic (exact) mass is 515 g/mol. The zero-order valence-electron chi connectivity index (χ0n) is 18.8. The highest BCUT2D eigenvalue weighted by Crippen LogP contribution is 2.19. The highest BCUT2D eigenvalue weighted by atomic mass is 35.5. The molecule has 35 heavy (non-hydrogen) atoms. The Morgan fingerprint density at radius 2 is 1.74 bits per heavy atom. The van der Waals surface area contributed by atoms with Gasteiger partial charge in [0.15, 0.2) is 0 Å². The molecule has 10 heteroatoms. The average Bonchev–Trinajstić information content (AvgIpc) is 2.85. The minimum absolute atomic E-state index is 0. The number of amides is 2. The van der Waals surface area contributed by atoms with E-state index in [-0.39, 0.29) is 56.3 Å². The number of nitrogens with zero attached hydrogens (tertiary/aromatic N) is 1. The van der Waals surface area contributed by atoms with Gasteiger partial charge in [-0.1, -0.05) is 48.0 Å². The minimum Gasteiger partial charge on any atom is -0.395 e. The van der Waals surface area contributed by atoms with E-state index in [1.807, 2.05) is 18.2 Å². The zero-order chi connectivity index (χ0) is 24.5. The number of amidine groups is 1. The predicted octanol–water partition coefficient (Wildman–Crippen LogP) is 3.41. The van der Waals surface area contributed by atoms with Gasteiger partial charge in [-0.3, -0.25) is 15.0 Å². The number of para-hydroxylation sites is 1. The van der Waals surface area contributed by atoms with E-state index in [1.165, 1.54) is 4.90 Å². The van der Waals surface area contributed by atoms with Crippen LogP contribution in [-0.2, 0) is 11.3 Å². The number of hydrogen-bond acceptors (Lipinski definition) is 5. The molecule has 3 rings (SSSR count). The van der Waals surface area contributed by atoms with Crippen molar-refractivity contribution in [1.82, 2.24) is 5.32 Å². The lowest BCUT2D eigenvalue weighted by atomic mass is 10.1. The summed E-state index contributed by atoms with van der Waals surface area (Å²) in [5, 5.41) is 23.5. The summed E-state index contributed by atoms with van der Waals surface area (Å²) in [6.45, 7) is 0.0897. The van der Waals surface area contributed by atoms with Crippen molar-refractivity contribution >= 4 is 53.0 Å². The van der Waals surface area contributed by atoms with E-state index in [2.05, 4.69) is 10.6 Å². The molecule has 0 aliphatic heterocycles. The number of nitrogens with one attached hydrogen (secondary N) is 3. The maximum absolute atomic E-state index is 12.9. The van der Waals surface area contributed by atoms with Crippen molar-refractivity contribution in [1.29, 1.82) is 5.41 Å². The molecule has 6 N–H and O–H groups in total. The first-order valence-corrected chi connectivity index (χ1v) is 11.0. The summed E-state index contributed by atoms with van der Waals surface area (Å²) in [5.74, 6) is -0.657. The van der Waals surface area contributed by atoms with E-state index in [0.717, 1.165) is 0 Å². The molecule has 0 unspecified atom stereocenters. The number of aliphatic hydroxyl groups excluding tert-OH is 1. The van der Waals surface area contributed by atoms with Crippen molar-refractivity contribution in [3.05, 3.63) is 94.5 Å². The summed E-state index contributed by atoms with van der Waals surface area (Å²) in [7, 11) is 0. The Labute approximate surface area is 215 Å². The van der Waals surface area contributed by atoms with Crippen molar-refractivity contribution in [3.63, 3.8) is 0 Å². The molecule has 3 aromatic rings. The number of halogens is 2. The lowest BCUT2D eigenvalue weighted by molar-refractivity contribution is -0.117. The first kappa shape index (κ1) is 27.7. The highest BCUT2D eigenvalue weighted by molar-refractivity contribution is 6.30. The Balaban J connectivity index is 0.00000432. The quantitative estimate of drug-likeness (QED) is 0.208. The summed E-state index contributed by atoms with van der Waals surface area (Å²) in [6, 6.07) is 20.8. The van der Waals surface area contributed by atoms with E-state index < -0.39 is 0 Å². The molecule has 0 saturated carbocycles. The number of hydrogen-bond donors (Lipinski definition) is 5. The second-order valence-corrected chi connectivity index (χ2v) is 7.87. The van der Waals surface area contributed by atoms with Gasteiger partial charge in [-0.25, -0.2) is 0 Å². The van der Waals surface area contributed by atoms with Crippen LogP contribution >= 0.6 is 24.0 Å². The van der Waals surface area contributed by atoms with Crippen LogP contribution < -0.4 is 21.3 Å². The second-order valence-electron chi connectivity index (χ2n) is 7.44. The summed E-state index contributed by atoms with van der Waals surface area (Å²) in [5.41, 5.74) is 8.49. The number of carbonyl (C=O) groups is 2. The van der Waals surface area contributed by atoms with Crippen LogP contribution in [0, 0.1) is 5.41 Å². The van der Waals surface area contributed by atoms with Crippen LogP contribution in [0.15, 0.2) is 72.8 Å². The maximum Gasteiger partial charge on any atom is 0.251 e. The van der Waals surface area contributed by atoms with Gasteiger partial charge in [0, 0.05) is 40.6 Å². The maximum atomic E-state index is 12.9. The van der Waals surface area contributed by atoms with Gasteiger partial charge in [0.25, 0.3) is 5.91 Å². The summed E-state index contributed by atoms with van der Waals surface area (Å²) in [4.78, 5) is 26.9. The molecule has 0 atom stereocenters. The predicted molar refractivity (Wildman–Crippen MR) is 142 cm³/mol. The number of rotatable bonds is 10. The molecule has 0 aromatic heterocycles. The van der Waals surface area contributed by atoms with E-state index in [0.29, 0.717) is 33.1 Å². The van der Waals surface area contributed by atoms with E-state index in [4.69, 9.17) is 22.7 Å². The van der Waals surface area contributed by atoms with Gasteiger partial charge in [0.05, 0.1) is 13.2 Å². The van der Waals surface area contributed by atoms with Crippen LogP contribution in [-0.4, -0.2) is 42.5 Å². The fourth-order valence-corrected chi connectivity index (χ4v) is 3.53. The molecule has 3 aromatic carbocycles. The fourth-order valence-electron chi connectivity index (χ4n) is 3.34. The third-order valence-electron chi connectivity index (χ3n) is 5.07.